The van der Waals surface area contributed by atoms with E-state index >= 15 is 0 Å². The van der Waals surface area contributed by atoms with Crippen LogP contribution in [-0.4, -0.2) is 15.3 Å². The molecule has 0 spiro atoms. The molecule has 0 radical (unpaired) electrons. The number of hydrogen-bond acceptors (Lipinski definition) is 5. The molecular formula is C26H20N4O3. The summed E-state index contributed by atoms with van der Waals surface area (Å²) in [6, 6.07) is 21.4. The summed E-state index contributed by atoms with van der Waals surface area (Å²) in [7, 11) is 0. The van der Waals surface area contributed by atoms with E-state index in [1.54, 1.807) is 54.7 Å². The fourth-order valence-electron chi connectivity index (χ4n) is 3.22. The van der Waals surface area contributed by atoms with Crippen molar-refractivity contribution >= 4 is 23.3 Å². The van der Waals surface area contributed by atoms with Crippen LogP contribution < -0.4 is 15.6 Å². The Morgan fingerprint density at radius 1 is 1.06 bits per heavy atom. The summed E-state index contributed by atoms with van der Waals surface area (Å²) in [6.45, 7) is 3.84. The highest BCUT2D eigenvalue weighted by Crippen LogP contribution is 2.24. The zero-order valence-electron chi connectivity index (χ0n) is 18.1. The predicted molar refractivity (Wildman–Crippen MR) is 126 cm³/mol. The third kappa shape index (κ3) is 4.81. The Bertz CT molecular complexity index is 1480. The van der Waals surface area contributed by atoms with E-state index < -0.39 is 11.5 Å². The number of aryl methyl sites for hydroxylation is 2. The lowest BCUT2D eigenvalue weighted by Gasteiger charge is -2.11. The maximum Gasteiger partial charge on any atom is 0.269 e. The number of rotatable bonds is 5. The number of amides is 1. The van der Waals surface area contributed by atoms with E-state index in [9.17, 15) is 14.9 Å². The van der Waals surface area contributed by atoms with Gasteiger partial charge in [0.2, 0.25) is 5.88 Å². The second kappa shape index (κ2) is 9.20. The molecule has 4 rings (SSSR count). The quantitative estimate of drug-likeness (QED) is 0.363. The van der Waals surface area contributed by atoms with Gasteiger partial charge in [0.05, 0.1) is 0 Å². The Morgan fingerprint density at radius 3 is 2.58 bits per heavy atom. The van der Waals surface area contributed by atoms with Crippen LogP contribution >= 0.6 is 0 Å². The largest absolute Gasteiger partial charge is 0.438 e. The maximum atomic E-state index is 13.2. The summed E-state index contributed by atoms with van der Waals surface area (Å²) in [5.41, 5.74) is 2.22. The van der Waals surface area contributed by atoms with Crippen LogP contribution in [0.2, 0.25) is 0 Å². The summed E-state index contributed by atoms with van der Waals surface area (Å²) in [6.07, 6.45) is 2.78. The average Bonchev–Trinajstić information content (AvgIpc) is 2.80. The Kier molecular flexibility index (Phi) is 6.00. The average molecular weight is 436 g/mol. The van der Waals surface area contributed by atoms with Gasteiger partial charge in [0.1, 0.15) is 28.6 Å². The van der Waals surface area contributed by atoms with E-state index in [1.807, 2.05) is 38.1 Å². The van der Waals surface area contributed by atoms with E-state index in [1.165, 1.54) is 10.5 Å². The number of nitrogens with zero attached hydrogens (tertiary/aromatic N) is 3. The predicted octanol–water partition coefficient (Wildman–Crippen LogP) is 4.65. The van der Waals surface area contributed by atoms with Crippen molar-refractivity contribution in [2.75, 3.05) is 5.32 Å². The number of benzene rings is 2. The first-order chi connectivity index (χ1) is 15.9. The SMILES string of the molecule is Cc1ccc(Oc2nc3ccccn3c(=O)c2/C=C(\C#N)C(=O)Nc2cccc(C)c2)cc1. The molecule has 162 valence electrons. The Hall–Kier alpha value is -4.70. The van der Waals surface area contributed by atoms with E-state index in [0.717, 1.165) is 11.1 Å². The number of hydrogen-bond donors (Lipinski definition) is 1. The van der Waals surface area contributed by atoms with Crippen LogP contribution in [0, 0.1) is 25.2 Å². The molecule has 2 aromatic heterocycles. The highest BCUT2D eigenvalue weighted by Gasteiger charge is 2.17. The van der Waals surface area contributed by atoms with Crippen molar-refractivity contribution < 1.29 is 9.53 Å². The molecule has 0 aliphatic carbocycles. The van der Waals surface area contributed by atoms with Crippen molar-refractivity contribution in [2.45, 2.75) is 13.8 Å². The van der Waals surface area contributed by atoms with E-state index in [2.05, 4.69) is 10.3 Å². The number of nitriles is 1. The fourth-order valence-corrected chi connectivity index (χ4v) is 3.22. The van der Waals surface area contributed by atoms with Gasteiger partial charge in [0.25, 0.3) is 11.5 Å². The van der Waals surface area contributed by atoms with Gasteiger partial charge in [-0.3, -0.25) is 14.0 Å². The van der Waals surface area contributed by atoms with E-state index in [4.69, 9.17) is 4.74 Å². The van der Waals surface area contributed by atoms with Crippen molar-refractivity contribution in [3.8, 4) is 17.7 Å². The van der Waals surface area contributed by atoms with Gasteiger partial charge in [-0.25, -0.2) is 0 Å². The normalized spacial score (nSPS) is 11.1. The van der Waals surface area contributed by atoms with E-state index in [0.29, 0.717) is 17.1 Å². The molecular weight excluding hydrogens is 416 g/mol. The molecule has 0 unspecified atom stereocenters. The molecule has 2 heterocycles. The number of anilines is 1. The fraction of sp³-hybridized carbons (Fsp3) is 0.0769. The van der Waals surface area contributed by atoms with Gasteiger partial charge in [-0.1, -0.05) is 35.9 Å². The molecule has 0 fully saturated rings. The highest BCUT2D eigenvalue weighted by molar-refractivity contribution is 6.09. The first kappa shape index (κ1) is 21.5. The van der Waals surface area contributed by atoms with Crippen molar-refractivity contribution in [3.63, 3.8) is 0 Å². The minimum absolute atomic E-state index is 0.00443. The monoisotopic (exact) mass is 436 g/mol. The third-order valence-electron chi connectivity index (χ3n) is 4.90. The second-order valence-electron chi connectivity index (χ2n) is 7.47. The van der Waals surface area contributed by atoms with Gasteiger partial charge < -0.3 is 10.1 Å². The summed E-state index contributed by atoms with van der Waals surface area (Å²) < 4.78 is 7.24. The van der Waals surface area contributed by atoms with Gasteiger partial charge in [-0.05, 0) is 61.9 Å². The Labute approximate surface area is 190 Å². The van der Waals surface area contributed by atoms with Gasteiger partial charge in [0.15, 0.2) is 0 Å². The highest BCUT2D eigenvalue weighted by atomic mass is 16.5. The zero-order chi connectivity index (χ0) is 23.4. The third-order valence-corrected chi connectivity index (χ3v) is 4.90. The van der Waals surface area contributed by atoms with Gasteiger partial charge in [0, 0.05) is 11.9 Å². The molecule has 1 N–H and O–H groups in total. The smallest absolute Gasteiger partial charge is 0.269 e. The molecule has 0 atom stereocenters. The number of fused-ring (bicyclic) bond motifs is 1. The first-order valence-corrected chi connectivity index (χ1v) is 10.2. The van der Waals surface area contributed by atoms with E-state index in [-0.39, 0.29) is 17.0 Å². The van der Waals surface area contributed by atoms with Crippen molar-refractivity contribution in [2.24, 2.45) is 0 Å². The number of carbonyl (C=O) groups is 1. The number of carbonyl (C=O) groups excluding carboxylic acids is 1. The number of nitrogens with one attached hydrogen (secondary N) is 1. The van der Waals surface area contributed by atoms with Crippen LogP contribution in [0.25, 0.3) is 11.7 Å². The number of pyridine rings is 1. The topological polar surface area (TPSA) is 96.5 Å². The lowest BCUT2D eigenvalue weighted by Crippen LogP contribution is -2.20. The molecule has 33 heavy (non-hydrogen) atoms. The number of ether oxygens (including phenoxy) is 1. The zero-order valence-corrected chi connectivity index (χ0v) is 18.1. The molecule has 4 aromatic rings. The molecule has 7 heteroatoms. The molecule has 7 nitrogen and oxygen atoms in total. The van der Waals surface area contributed by atoms with Gasteiger partial charge in [-0.15, -0.1) is 0 Å². The van der Waals surface area contributed by atoms with Gasteiger partial charge >= 0.3 is 0 Å². The lowest BCUT2D eigenvalue weighted by molar-refractivity contribution is -0.112. The molecule has 0 aliphatic rings. The molecule has 1 amide bonds. The van der Waals surface area contributed by atoms with Crippen molar-refractivity contribution in [1.82, 2.24) is 9.38 Å². The minimum Gasteiger partial charge on any atom is -0.438 e. The van der Waals surface area contributed by atoms with Crippen LogP contribution in [0.1, 0.15) is 16.7 Å². The van der Waals surface area contributed by atoms with Crippen molar-refractivity contribution in [3.05, 3.63) is 106 Å². The Balaban J connectivity index is 1.79. The standard InChI is InChI=1S/C26H20N4O3/c1-17-9-11-21(12-10-17)33-25-22(26(32)30-13-4-3-8-23(30)29-25)15-19(16-27)24(31)28-20-7-5-6-18(2)14-20/h3-15H,1-2H3,(H,28,31)/b19-15+. The molecule has 0 saturated heterocycles. The molecule has 0 bridgehead atoms. The number of aromatic nitrogens is 2. The lowest BCUT2D eigenvalue weighted by atomic mass is 10.1. The molecule has 2 aromatic carbocycles. The van der Waals surface area contributed by atoms with Crippen LogP contribution in [0.15, 0.2) is 83.3 Å². The first-order valence-electron chi connectivity index (χ1n) is 10.2. The van der Waals surface area contributed by atoms with Crippen LogP contribution in [0.3, 0.4) is 0 Å². The van der Waals surface area contributed by atoms with Crippen LogP contribution in [0.4, 0.5) is 5.69 Å². The summed E-state index contributed by atoms with van der Waals surface area (Å²) in [5.74, 6) is -0.154. The summed E-state index contributed by atoms with van der Waals surface area (Å²) in [4.78, 5) is 30.4. The van der Waals surface area contributed by atoms with Gasteiger partial charge in [-0.2, -0.15) is 10.2 Å². The maximum absolute atomic E-state index is 13.2. The molecule has 0 saturated carbocycles. The minimum atomic E-state index is -0.637. The van der Waals surface area contributed by atoms with Crippen molar-refractivity contribution in [1.29, 1.82) is 5.26 Å². The summed E-state index contributed by atoms with van der Waals surface area (Å²) >= 11 is 0. The second-order valence-corrected chi connectivity index (χ2v) is 7.47. The Morgan fingerprint density at radius 2 is 1.85 bits per heavy atom. The molecule has 0 aliphatic heterocycles. The van der Waals surface area contributed by atoms with Crippen LogP contribution in [-0.2, 0) is 4.79 Å². The summed E-state index contributed by atoms with van der Waals surface area (Å²) in [5, 5.41) is 12.3. The van der Waals surface area contributed by atoms with Crippen LogP contribution in [0.5, 0.6) is 11.6 Å².